The molecule has 0 saturated carbocycles. The van der Waals surface area contributed by atoms with E-state index < -0.39 is 0 Å². The zero-order valence-electron chi connectivity index (χ0n) is 34.1. The lowest BCUT2D eigenvalue weighted by Gasteiger charge is -2.15. The molecule has 3 heteroatoms. The molecule has 13 aromatic rings. The van der Waals surface area contributed by atoms with E-state index in [9.17, 15) is 0 Å². The Balaban J connectivity index is 0.927. The van der Waals surface area contributed by atoms with Crippen molar-refractivity contribution in [1.29, 1.82) is 0 Å². The summed E-state index contributed by atoms with van der Waals surface area (Å²) in [5, 5.41) is 12.5. The third-order valence-electron chi connectivity index (χ3n) is 13.1. The van der Waals surface area contributed by atoms with Gasteiger partial charge in [0.05, 0.1) is 27.8 Å². The maximum Gasteiger partial charge on any atom is 0.0541 e. The summed E-state index contributed by atoms with van der Waals surface area (Å²) in [6.07, 6.45) is 0. The molecule has 0 N–H and O–H groups in total. The minimum atomic E-state index is 1.05. The standard InChI is InChI=1S/C60H37BrN2/c61-45-33-43(40-24-29-59-54(36-40)52-18-8-10-20-56(52)62(59)46-26-27-49-42(35-46)23-22-39-14-4-5-15-47(39)49)32-44(34-45)41-25-30-60-55(37-41)53-19-9-11-21-57(53)63(60)58-31-28-48(38-12-2-1-3-13-38)50-16-6-7-17-51(50)58/h1-37H. The van der Waals surface area contributed by atoms with Gasteiger partial charge in [-0.2, -0.15) is 0 Å². The van der Waals surface area contributed by atoms with Crippen molar-refractivity contribution >= 4 is 91.9 Å². The molecule has 11 aromatic carbocycles. The Kier molecular flexibility index (Phi) is 8.09. The van der Waals surface area contributed by atoms with Gasteiger partial charge in [0.1, 0.15) is 0 Å². The first kappa shape index (κ1) is 36.0. The molecule has 0 saturated heterocycles. The van der Waals surface area contributed by atoms with E-state index in [2.05, 4.69) is 250 Å². The molecule has 0 atom stereocenters. The van der Waals surface area contributed by atoms with Gasteiger partial charge in [-0.05, 0) is 133 Å². The number of aromatic nitrogens is 2. The van der Waals surface area contributed by atoms with Crippen LogP contribution in [0.4, 0.5) is 0 Å². The van der Waals surface area contributed by atoms with Gasteiger partial charge in [0.2, 0.25) is 0 Å². The molecule has 294 valence electrons. The largest absolute Gasteiger partial charge is 0.309 e. The molecule has 0 spiro atoms. The smallest absolute Gasteiger partial charge is 0.0541 e. The van der Waals surface area contributed by atoms with E-state index in [1.165, 1.54) is 115 Å². The Labute approximate surface area is 372 Å². The van der Waals surface area contributed by atoms with Crippen LogP contribution in [0, 0.1) is 0 Å². The van der Waals surface area contributed by atoms with Gasteiger partial charge < -0.3 is 9.13 Å². The van der Waals surface area contributed by atoms with Gasteiger partial charge in [-0.15, -0.1) is 0 Å². The monoisotopic (exact) mass is 864 g/mol. The molecule has 0 unspecified atom stereocenters. The second-order valence-corrected chi connectivity index (χ2v) is 17.5. The van der Waals surface area contributed by atoms with E-state index in [0.29, 0.717) is 0 Å². The van der Waals surface area contributed by atoms with Gasteiger partial charge in [0.25, 0.3) is 0 Å². The Morgan fingerprint density at radius 3 is 1.52 bits per heavy atom. The van der Waals surface area contributed by atoms with Crippen LogP contribution in [0.25, 0.3) is 121 Å². The summed E-state index contributed by atoms with van der Waals surface area (Å²) < 4.78 is 5.92. The quantitative estimate of drug-likeness (QED) is 0.153. The molecule has 0 aliphatic carbocycles. The molecular weight excluding hydrogens is 829 g/mol. The second-order valence-electron chi connectivity index (χ2n) is 16.6. The fraction of sp³-hybridized carbons (Fsp3) is 0. The number of halogens is 1. The van der Waals surface area contributed by atoms with Crippen molar-refractivity contribution in [3.8, 4) is 44.8 Å². The van der Waals surface area contributed by atoms with Crippen molar-refractivity contribution in [2.45, 2.75) is 0 Å². The van der Waals surface area contributed by atoms with Crippen LogP contribution < -0.4 is 0 Å². The number of hydrogen-bond donors (Lipinski definition) is 0. The first-order chi connectivity index (χ1) is 31.1. The molecular formula is C60H37BrN2. The third kappa shape index (κ3) is 5.70. The van der Waals surface area contributed by atoms with Crippen molar-refractivity contribution in [3.05, 3.63) is 229 Å². The van der Waals surface area contributed by atoms with Crippen LogP contribution in [0.1, 0.15) is 0 Å². The van der Waals surface area contributed by atoms with Gasteiger partial charge in [-0.25, -0.2) is 0 Å². The van der Waals surface area contributed by atoms with Gasteiger partial charge in [0.15, 0.2) is 0 Å². The van der Waals surface area contributed by atoms with E-state index in [-0.39, 0.29) is 0 Å². The normalized spacial score (nSPS) is 11.9. The van der Waals surface area contributed by atoms with Crippen molar-refractivity contribution in [3.63, 3.8) is 0 Å². The van der Waals surface area contributed by atoms with E-state index in [1.54, 1.807) is 0 Å². The Bertz CT molecular complexity index is 3980. The van der Waals surface area contributed by atoms with Crippen LogP contribution in [-0.2, 0) is 0 Å². The molecule has 63 heavy (non-hydrogen) atoms. The lowest BCUT2D eigenvalue weighted by molar-refractivity contribution is 1.19. The lowest BCUT2D eigenvalue weighted by Crippen LogP contribution is -1.96. The summed E-state index contributed by atoms with van der Waals surface area (Å²) in [7, 11) is 0. The van der Waals surface area contributed by atoms with Crippen molar-refractivity contribution in [2.75, 3.05) is 0 Å². The van der Waals surface area contributed by atoms with Gasteiger partial charge in [-0.1, -0.05) is 168 Å². The average molecular weight is 866 g/mol. The molecule has 0 bridgehead atoms. The van der Waals surface area contributed by atoms with Crippen LogP contribution in [-0.4, -0.2) is 9.13 Å². The highest BCUT2D eigenvalue weighted by atomic mass is 79.9. The minimum Gasteiger partial charge on any atom is -0.309 e. The highest BCUT2D eigenvalue weighted by Gasteiger charge is 2.18. The van der Waals surface area contributed by atoms with Gasteiger partial charge in [0, 0.05) is 37.1 Å². The Morgan fingerprint density at radius 2 is 0.810 bits per heavy atom. The average Bonchev–Trinajstić information content (AvgIpc) is 3.85. The minimum absolute atomic E-state index is 1.05. The molecule has 2 aromatic heterocycles. The van der Waals surface area contributed by atoms with E-state index in [1.807, 2.05) is 0 Å². The number of benzene rings is 11. The summed E-state index contributed by atoms with van der Waals surface area (Å²) in [5.41, 5.74) is 14.3. The first-order valence-corrected chi connectivity index (χ1v) is 22.3. The Morgan fingerprint density at radius 1 is 0.270 bits per heavy atom. The highest BCUT2D eigenvalue weighted by molar-refractivity contribution is 9.10. The molecule has 13 rings (SSSR count). The zero-order valence-corrected chi connectivity index (χ0v) is 35.7. The van der Waals surface area contributed by atoms with Crippen molar-refractivity contribution < 1.29 is 0 Å². The van der Waals surface area contributed by atoms with Gasteiger partial charge >= 0.3 is 0 Å². The van der Waals surface area contributed by atoms with E-state index in [0.717, 1.165) is 10.2 Å². The molecule has 2 heterocycles. The lowest BCUT2D eigenvalue weighted by atomic mass is 9.96. The van der Waals surface area contributed by atoms with Crippen LogP contribution in [0.5, 0.6) is 0 Å². The SMILES string of the molecule is Brc1cc(-c2ccc3c(c2)c2ccccc2n3-c2ccc3c(ccc4ccccc43)c2)cc(-c2ccc3c(c2)c2ccccc2n3-c2ccc(-c3ccccc3)c3ccccc23)c1. The zero-order chi connectivity index (χ0) is 41.6. The summed E-state index contributed by atoms with van der Waals surface area (Å²) in [6, 6.07) is 82.5. The fourth-order valence-corrected chi connectivity index (χ4v) is 10.7. The van der Waals surface area contributed by atoms with Crippen LogP contribution in [0.2, 0.25) is 0 Å². The number of rotatable bonds is 5. The molecule has 0 aliphatic heterocycles. The van der Waals surface area contributed by atoms with Crippen LogP contribution in [0.15, 0.2) is 229 Å². The molecule has 0 aliphatic rings. The summed E-state index contributed by atoms with van der Waals surface area (Å²) in [6.45, 7) is 0. The number of hydrogen-bond acceptors (Lipinski definition) is 0. The van der Waals surface area contributed by atoms with E-state index in [4.69, 9.17) is 0 Å². The predicted molar refractivity (Wildman–Crippen MR) is 272 cm³/mol. The van der Waals surface area contributed by atoms with Crippen molar-refractivity contribution in [1.82, 2.24) is 9.13 Å². The topological polar surface area (TPSA) is 9.86 Å². The summed E-state index contributed by atoms with van der Waals surface area (Å²) in [5.74, 6) is 0. The van der Waals surface area contributed by atoms with E-state index >= 15 is 0 Å². The molecule has 0 radical (unpaired) electrons. The van der Waals surface area contributed by atoms with Crippen LogP contribution >= 0.6 is 15.9 Å². The number of para-hydroxylation sites is 2. The first-order valence-electron chi connectivity index (χ1n) is 21.5. The maximum absolute atomic E-state index is 3.93. The summed E-state index contributed by atoms with van der Waals surface area (Å²) >= 11 is 3.93. The molecule has 0 fully saturated rings. The van der Waals surface area contributed by atoms with Crippen LogP contribution in [0.3, 0.4) is 0 Å². The van der Waals surface area contributed by atoms with Gasteiger partial charge in [-0.3, -0.25) is 0 Å². The Hall–Kier alpha value is -7.72. The number of fused-ring (bicyclic) bond motifs is 10. The van der Waals surface area contributed by atoms with Crippen molar-refractivity contribution in [2.24, 2.45) is 0 Å². The fourth-order valence-electron chi connectivity index (χ4n) is 10.3. The predicted octanol–water partition coefficient (Wildman–Crippen LogP) is 17.1. The second kappa shape index (κ2) is 14.2. The highest BCUT2D eigenvalue weighted by Crippen LogP contribution is 2.42. The molecule has 0 amide bonds. The molecule has 2 nitrogen and oxygen atoms in total. The summed E-state index contributed by atoms with van der Waals surface area (Å²) in [4.78, 5) is 0. The number of nitrogens with zero attached hydrogens (tertiary/aromatic N) is 2. The third-order valence-corrected chi connectivity index (χ3v) is 13.6. The maximum atomic E-state index is 3.93.